The van der Waals surface area contributed by atoms with Crippen molar-refractivity contribution in [3.63, 3.8) is 0 Å². The lowest BCUT2D eigenvalue weighted by Crippen LogP contribution is -2.44. The maximum atomic E-state index is 12.7. The number of likely N-dealkylation sites (N-methyl/N-ethyl adjacent to an activating group) is 1. The molecular formula is C31H32N8O2. The maximum absolute atomic E-state index is 12.7. The molecule has 0 spiro atoms. The number of allylic oxidation sites excluding steroid dienone is 2. The number of methoxy groups -OCH3 is 1. The number of fused-ring (bicyclic) bond motifs is 1. The van der Waals surface area contributed by atoms with Gasteiger partial charge in [0.2, 0.25) is 11.9 Å². The molecule has 0 saturated carbocycles. The molecule has 3 heterocycles. The van der Waals surface area contributed by atoms with Crippen molar-refractivity contribution in [1.82, 2.24) is 19.4 Å². The first-order valence-electron chi connectivity index (χ1n) is 13.3. The van der Waals surface area contributed by atoms with Gasteiger partial charge in [-0.05, 0) is 19.2 Å². The molecule has 0 unspecified atom stereocenters. The van der Waals surface area contributed by atoms with Crippen molar-refractivity contribution in [2.24, 2.45) is 7.05 Å². The molecular weight excluding hydrogens is 516 g/mol. The number of carbonyl (C=O) groups excluding carboxylic acids is 1. The van der Waals surface area contributed by atoms with Gasteiger partial charge in [-0.3, -0.25) is 4.79 Å². The topological polar surface area (TPSA) is 111 Å². The van der Waals surface area contributed by atoms with E-state index >= 15 is 0 Å². The summed E-state index contributed by atoms with van der Waals surface area (Å²) in [5, 5.41) is 17.1. The van der Waals surface area contributed by atoms with E-state index in [2.05, 4.69) is 45.1 Å². The number of nitrogens with zero attached hydrogens (tertiary/aromatic N) is 6. The van der Waals surface area contributed by atoms with Crippen LogP contribution < -0.4 is 20.3 Å². The third kappa shape index (κ3) is 5.76. The predicted octanol–water partition coefficient (Wildman–Crippen LogP) is 4.69. The second kappa shape index (κ2) is 11.9. The molecule has 4 aromatic rings. The van der Waals surface area contributed by atoms with Crippen LogP contribution in [0.3, 0.4) is 0 Å². The maximum Gasteiger partial charge on any atom is 0.248 e. The first-order chi connectivity index (χ1) is 19.9. The predicted molar refractivity (Wildman–Crippen MR) is 163 cm³/mol. The zero-order chi connectivity index (χ0) is 28.9. The Hall–Kier alpha value is -5.14. The minimum absolute atomic E-state index is 0.274. The van der Waals surface area contributed by atoms with E-state index < -0.39 is 0 Å². The van der Waals surface area contributed by atoms with Crippen LogP contribution in [0.25, 0.3) is 22.2 Å². The van der Waals surface area contributed by atoms with Gasteiger partial charge in [-0.25, -0.2) is 9.97 Å². The Morgan fingerprint density at radius 3 is 2.66 bits per heavy atom. The summed E-state index contributed by atoms with van der Waals surface area (Å²) >= 11 is 0. The first-order valence-corrected chi connectivity index (χ1v) is 13.3. The van der Waals surface area contributed by atoms with Crippen LogP contribution in [0.5, 0.6) is 5.75 Å². The van der Waals surface area contributed by atoms with Crippen LogP contribution in [-0.4, -0.2) is 65.7 Å². The zero-order valence-electron chi connectivity index (χ0n) is 23.4. The molecule has 0 aliphatic carbocycles. The van der Waals surface area contributed by atoms with Crippen LogP contribution >= 0.6 is 0 Å². The number of aromatic nitrogens is 3. The molecule has 0 atom stereocenters. The second-order valence-corrected chi connectivity index (χ2v) is 9.81. The molecule has 1 aliphatic rings. The highest BCUT2D eigenvalue weighted by molar-refractivity contribution is 6.03. The third-order valence-corrected chi connectivity index (χ3v) is 7.11. The smallest absolute Gasteiger partial charge is 0.248 e. The molecule has 10 heteroatoms. The van der Waals surface area contributed by atoms with Gasteiger partial charge in [0.25, 0.3) is 0 Å². The highest BCUT2D eigenvalue weighted by Gasteiger charge is 2.22. The van der Waals surface area contributed by atoms with Gasteiger partial charge in [0.1, 0.15) is 11.8 Å². The Morgan fingerprint density at radius 2 is 1.93 bits per heavy atom. The lowest BCUT2D eigenvalue weighted by Gasteiger charge is -2.35. The highest BCUT2D eigenvalue weighted by Crippen LogP contribution is 2.39. The van der Waals surface area contributed by atoms with Crippen LogP contribution in [-0.2, 0) is 11.8 Å². The number of ether oxygens (including phenoxy) is 1. The Kier molecular flexibility index (Phi) is 7.99. The molecule has 2 aromatic carbocycles. The Labute approximate surface area is 239 Å². The van der Waals surface area contributed by atoms with E-state index in [0.29, 0.717) is 34.3 Å². The van der Waals surface area contributed by atoms with Crippen molar-refractivity contribution in [3.05, 3.63) is 79.2 Å². The van der Waals surface area contributed by atoms with Crippen molar-refractivity contribution in [1.29, 1.82) is 5.26 Å². The highest BCUT2D eigenvalue weighted by atomic mass is 16.5. The fourth-order valence-corrected chi connectivity index (χ4v) is 4.95. The number of hydrogen-bond donors (Lipinski definition) is 2. The molecule has 0 radical (unpaired) electrons. The van der Waals surface area contributed by atoms with Gasteiger partial charge in [-0.15, -0.1) is 0 Å². The number of carbonyl (C=O) groups is 1. The fraction of sp³-hybridized carbons (Fsp3) is 0.226. The summed E-state index contributed by atoms with van der Waals surface area (Å²) in [5.41, 5.74) is 4.82. The standard InChI is InChI=1S/C31H32N8O2/c1-5-6-11-29(40)34-24-16-25(28(41-4)17-27(24)39-14-12-37(2)13-15-39)35-31-33-19-21(18-32)30(36-31)23-20-38(3)26-10-8-7-9-22(23)26/h5-11,16-17,19-20H,1,12-15H2,2-4H3,(H,34,40)(H,33,35,36)/b11-6-. The largest absolute Gasteiger partial charge is 0.494 e. The lowest BCUT2D eigenvalue weighted by atomic mass is 10.1. The Bertz CT molecular complexity index is 1680. The number of rotatable bonds is 8. The van der Waals surface area contributed by atoms with Gasteiger partial charge in [0.05, 0.1) is 41.6 Å². The van der Waals surface area contributed by atoms with E-state index in [1.807, 2.05) is 54.2 Å². The normalized spacial score (nSPS) is 13.8. The summed E-state index contributed by atoms with van der Waals surface area (Å²) in [6.45, 7) is 7.07. The van der Waals surface area contributed by atoms with Crippen molar-refractivity contribution >= 4 is 39.8 Å². The number of anilines is 4. The zero-order valence-corrected chi connectivity index (χ0v) is 23.4. The summed E-state index contributed by atoms with van der Waals surface area (Å²) < 4.78 is 7.78. The minimum atomic E-state index is -0.274. The first kappa shape index (κ1) is 27.4. The number of nitriles is 1. The van der Waals surface area contributed by atoms with Gasteiger partial charge in [-0.2, -0.15) is 5.26 Å². The van der Waals surface area contributed by atoms with Crippen molar-refractivity contribution in [2.45, 2.75) is 0 Å². The number of nitrogens with one attached hydrogen (secondary N) is 2. The molecule has 1 fully saturated rings. The number of aryl methyl sites for hydroxylation is 1. The summed E-state index contributed by atoms with van der Waals surface area (Å²) in [4.78, 5) is 26.4. The number of para-hydroxylation sites is 1. The van der Waals surface area contributed by atoms with Crippen LogP contribution in [0.1, 0.15) is 5.56 Å². The van der Waals surface area contributed by atoms with E-state index in [1.54, 1.807) is 19.3 Å². The van der Waals surface area contributed by atoms with E-state index in [1.165, 1.54) is 12.3 Å². The summed E-state index contributed by atoms with van der Waals surface area (Å²) in [6.07, 6.45) is 8.05. The molecule has 2 aromatic heterocycles. The number of hydrogen-bond acceptors (Lipinski definition) is 8. The van der Waals surface area contributed by atoms with E-state index in [4.69, 9.17) is 9.72 Å². The number of amides is 1. The molecule has 0 bridgehead atoms. The van der Waals surface area contributed by atoms with E-state index in [-0.39, 0.29) is 5.91 Å². The molecule has 2 N–H and O–H groups in total. The average molecular weight is 549 g/mol. The third-order valence-electron chi connectivity index (χ3n) is 7.11. The van der Waals surface area contributed by atoms with E-state index in [0.717, 1.165) is 48.3 Å². The average Bonchev–Trinajstić information content (AvgIpc) is 3.33. The molecule has 10 nitrogen and oxygen atoms in total. The quantitative estimate of drug-likeness (QED) is 0.241. The molecule has 1 aliphatic heterocycles. The van der Waals surface area contributed by atoms with Crippen LogP contribution in [0, 0.1) is 11.3 Å². The SMILES string of the molecule is C=C/C=C\C(=O)Nc1cc(Nc2ncc(C#N)c(-c3cn(C)c4ccccc34)n2)c(OC)cc1N1CCN(C)CC1. The molecule has 41 heavy (non-hydrogen) atoms. The van der Waals surface area contributed by atoms with Gasteiger partial charge in [0, 0.05) is 68.0 Å². The molecule has 1 saturated heterocycles. The second-order valence-electron chi connectivity index (χ2n) is 9.81. The lowest BCUT2D eigenvalue weighted by molar-refractivity contribution is -0.111. The van der Waals surface area contributed by atoms with Gasteiger partial charge in [-0.1, -0.05) is 36.9 Å². The number of piperazine rings is 1. The van der Waals surface area contributed by atoms with Crippen molar-refractivity contribution < 1.29 is 9.53 Å². The van der Waals surface area contributed by atoms with Gasteiger partial charge >= 0.3 is 0 Å². The van der Waals surface area contributed by atoms with Crippen molar-refractivity contribution in [3.8, 4) is 23.1 Å². The Balaban J connectivity index is 1.55. The number of benzene rings is 2. The molecule has 5 rings (SSSR count). The minimum Gasteiger partial charge on any atom is -0.494 e. The molecule has 208 valence electrons. The monoisotopic (exact) mass is 548 g/mol. The summed E-state index contributed by atoms with van der Waals surface area (Å²) in [5.74, 6) is 0.587. The summed E-state index contributed by atoms with van der Waals surface area (Å²) in [7, 11) is 5.66. The van der Waals surface area contributed by atoms with Crippen LogP contribution in [0.15, 0.2) is 73.6 Å². The van der Waals surface area contributed by atoms with Gasteiger partial charge in [0.15, 0.2) is 0 Å². The fourth-order valence-electron chi connectivity index (χ4n) is 4.95. The summed E-state index contributed by atoms with van der Waals surface area (Å²) in [6, 6.07) is 13.9. The molecule has 1 amide bonds. The van der Waals surface area contributed by atoms with Crippen LogP contribution in [0.2, 0.25) is 0 Å². The van der Waals surface area contributed by atoms with E-state index in [9.17, 15) is 10.1 Å². The van der Waals surface area contributed by atoms with Crippen LogP contribution in [0.4, 0.5) is 23.0 Å². The Morgan fingerprint density at radius 1 is 1.15 bits per heavy atom. The van der Waals surface area contributed by atoms with Crippen molar-refractivity contribution in [2.75, 3.05) is 55.9 Å². The van der Waals surface area contributed by atoms with Gasteiger partial charge < -0.3 is 29.7 Å².